The molecule has 1 aromatic carbocycles. The molecule has 1 amide bonds. The van der Waals surface area contributed by atoms with Crippen molar-refractivity contribution in [2.75, 3.05) is 45.9 Å². The van der Waals surface area contributed by atoms with Crippen LogP contribution in [0.2, 0.25) is 0 Å². The molecule has 0 aromatic heterocycles. The van der Waals surface area contributed by atoms with Gasteiger partial charge >= 0.3 is 0 Å². The van der Waals surface area contributed by atoms with Crippen molar-refractivity contribution in [3.05, 3.63) is 47.5 Å². The van der Waals surface area contributed by atoms with E-state index in [2.05, 4.69) is 46.2 Å². The van der Waals surface area contributed by atoms with Crippen molar-refractivity contribution in [3.8, 4) is 0 Å². The van der Waals surface area contributed by atoms with Crippen LogP contribution in [0.4, 0.5) is 0 Å². The van der Waals surface area contributed by atoms with Crippen molar-refractivity contribution in [1.82, 2.24) is 9.80 Å². The molecule has 0 N–H and O–H groups in total. The zero-order valence-electron chi connectivity index (χ0n) is 17.0. The van der Waals surface area contributed by atoms with Gasteiger partial charge in [-0.1, -0.05) is 36.4 Å². The maximum atomic E-state index is 13.5. The first-order valence-electron chi connectivity index (χ1n) is 11.1. The van der Waals surface area contributed by atoms with Crippen LogP contribution in [0.1, 0.15) is 36.8 Å². The van der Waals surface area contributed by atoms with E-state index in [1.54, 1.807) is 0 Å². The molecule has 1 fully saturated rings. The first-order valence-corrected chi connectivity index (χ1v) is 11.1. The van der Waals surface area contributed by atoms with Gasteiger partial charge in [-0.05, 0) is 55.6 Å². The van der Waals surface area contributed by atoms with Gasteiger partial charge in [0.2, 0.25) is 5.91 Å². The second kappa shape index (κ2) is 9.71. The number of rotatable bonds is 6. The van der Waals surface area contributed by atoms with Crippen LogP contribution >= 0.6 is 0 Å². The Labute approximate surface area is 169 Å². The second-order valence-electron chi connectivity index (χ2n) is 8.60. The molecule has 28 heavy (non-hydrogen) atoms. The van der Waals surface area contributed by atoms with Gasteiger partial charge in [-0.3, -0.25) is 9.69 Å². The number of hydrogen-bond acceptors (Lipinski definition) is 3. The summed E-state index contributed by atoms with van der Waals surface area (Å²) >= 11 is 0. The van der Waals surface area contributed by atoms with Crippen molar-refractivity contribution in [2.24, 2.45) is 11.8 Å². The summed E-state index contributed by atoms with van der Waals surface area (Å²) in [4.78, 5) is 18.2. The average Bonchev–Trinajstić information content (AvgIpc) is 2.77. The fourth-order valence-electron chi connectivity index (χ4n) is 4.88. The Hall–Kier alpha value is -1.65. The summed E-state index contributed by atoms with van der Waals surface area (Å²) < 4.78 is 5.47. The maximum absolute atomic E-state index is 13.5. The summed E-state index contributed by atoms with van der Waals surface area (Å²) in [5.74, 6) is 1.16. The lowest BCUT2D eigenvalue weighted by Gasteiger charge is -2.35. The Morgan fingerprint density at radius 1 is 1.11 bits per heavy atom. The molecule has 1 heterocycles. The molecule has 1 aliphatic heterocycles. The molecule has 4 rings (SSSR count). The number of morpholine rings is 1. The van der Waals surface area contributed by atoms with E-state index in [1.165, 1.54) is 17.5 Å². The lowest BCUT2D eigenvalue weighted by molar-refractivity contribution is -0.137. The quantitative estimate of drug-likeness (QED) is 0.708. The van der Waals surface area contributed by atoms with Crippen LogP contribution in [-0.2, 0) is 22.4 Å². The normalized spacial score (nSPS) is 25.3. The summed E-state index contributed by atoms with van der Waals surface area (Å²) in [7, 11) is 0. The molecule has 2 unspecified atom stereocenters. The molecule has 2 atom stereocenters. The number of fused-ring (bicyclic) bond motifs is 1. The van der Waals surface area contributed by atoms with Gasteiger partial charge in [0.15, 0.2) is 0 Å². The highest BCUT2D eigenvalue weighted by Gasteiger charge is 2.30. The maximum Gasteiger partial charge on any atom is 0.226 e. The third-order valence-electron chi connectivity index (χ3n) is 6.65. The smallest absolute Gasteiger partial charge is 0.226 e. The SMILES string of the molecule is O=C(C1CCc2ccccc2C1)N(CCN1CCOCC1)CC1CC=CCC1. The number of allylic oxidation sites excluding steroid dienone is 2. The predicted octanol–water partition coefficient (Wildman–Crippen LogP) is 3.31. The number of hydrogen-bond donors (Lipinski definition) is 0. The second-order valence-corrected chi connectivity index (χ2v) is 8.60. The third-order valence-corrected chi connectivity index (χ3v) is 6.65. The zero-order chi connectivity index (χ0) is 19.2. The molecular weight excluding hydrogens is 348 g/mol. The summed E-state index contributed by atoms with van der Waals surface area (Å²) in [6, 6.07) is 8.65. The highest BCUT2D eigenvalue weighted by molar-refractivity contribution is 5.79. The number of benzene rings is 1. The van der Waals surface area contributed by atoms with Gasteiger partial charge < -0.3 is 9.64 Å². The molecule has 1 saturated heterocycles. The highest BCUT2D eigenvalue weighted by atomic mass is 16.5. The fraction of sp³-hybridized carbons (Fsp3) is 0.625. The molecule has 3 aliphatic rings. The van der Waals surface area contributed by atoms with Gasteiger partial charge in [-0.15, -0.1) is 0 Å². The van der Waals surface area contributed by atoms with E-state index in [-0.39, 0.29) is 5.92 Å². The van der Waals surface area contributed by atoms with Crippen LogP contribution < -0.4 is 0 Å². The molecule has 0 radical (unpaired) electrons. The number of nitrogens with zero attached hydrogens (tertiary/aromatic N) is 2. The van der Waals surface area contributed by atoms with Gasteiger partial charge in [-0.2, -0.15) is 0 Å². The zero-order valence-corrected chi connectivity index (χ0v) is 17.0. The Kier molecular flexibility index (Phi) is 6.81. The molecule has 0 spiro atoms. The number of ether oxygens (including phenoxy) is 1. The molecule has 1 aromatic rings. The first kappa shape index (κ1) is 19.7. The van der Waals surface area contributed by atoms with Crippen LogP contribution in [0.3, 0.4) is 0 Å². The summed E-state index contributed by atoms with van der Waals surface area (Å²) in [6.45, 7) is 6.38. The monoisotopic (exact) mass is 382 g/mol. The van der Waals surface area contributed by atoms with Crippen LogP contribution in [0, 0.1) is 11.8 Å². The van der Waals surface area contributed by atoms with E-state index in [1.807, 2.05) is 0 Å². The molecule has 0 bridgehead atoms. The summed E-state index contributed by atoms with van der Waals surface area (Å²) in [6.07, 6.45) is 11.0. The molecule has 152 valence electrons. The number of carbonyl (C=O) groups excluding carboxylic acids is 1. The van der Waals surface area contributed by atoms with Crippen LogP contribution in [-0.4, -0.2) is 61.6 Å². The molecule has 0 saturated carbocycles. The largest absolute Gasteiger partial charge is 0.379 e. The summed E-state index contributed by atoms with van der Waals surface area (Å²) in [5, 5.41) is 0. The Morgan fingerprint density at radius 3 is 2.71 bits per heavy atom. The van der Waals surface area contributed by atoms with E-state index in [0.717, 1.165) is 78.0 Å². The van der Waals surface area contributed by atoms with Gasteiger partial charge in [0.25, 0.3) is 0 Å². The molecule has 2 aliphatic carbocycles. The van der Waals surface area contributed by atoms with E-state index >= 15 is 0 Å². The van der Waals surface area contributed by atoms with Crippen molar-refractivity contribution < 1.29 is 9.53 Å². The van der Waals surface area contributed by atoms with Crippen molar-refractivity contribution in [1.29, 1.82) is 0 Å². The van der Waals surface area contributed by atoms with Gasteiger partial charge in [0.1, 0.15) is 0 Å². The minimum absolute atomic E-state index is 0.152. The van der Waals surface area contributed by atoms with Gasteiger partial charge in [-0.25, -0.2) is 0 Å². The summed E-state index contributed by atoms with van der Waals surface area (Å²) in [5.41, 5.74) is 2.81. The van der Waals surface area contributed by atoms with E-state index < -0.39 is 0 Å². The number of carbonyl (C=O) groups is 1. The lowest BCUT2D eigenvalue weighted by Crippen LogP contribution is -2.46. The van der Waals surface area contributed by atoms with Crippen LogP contribution in [0.15, 0.2) is 36.4 Å². The van der Waals surface area contributed by atoms with E-state index in [9.17, 15) is 4.79 Å². The molecule has 4 nitrogen and oxygen atoms in total. The predicted molar refractivity (Wildman–Crippen MR) is 112 cm³/mol. The van der Waals surface area contributed by atoms with E-state index in [0.29, 0.717) is 11.8 Å². The minimum atomic E-state index is 0.152. The highest BCUT2D eigenvalue weighted by Crippen LogP contribution is 2.28. The Morgan fingerprint density at radius 2 is 1.93 bits per heavy atom. The third kappa shape index (κ3) is 5.03. The van der Waals surface area contributed by atoms with Crippen LogP contribution in [0.25, 0.3) is 0 Å². The van der Waals surface area contributed by atoms with Crippen molar-refractivity contribution in [3.63, 3.8) is 0 Å². The van der Waals surface area contributed by atoms with Crippen molar-refractivity contribution in [2.45, 2.75) is 38.5 Å². The standard InChI is InChI=1S/C24H34N2O2/c27-24(23-11-10-21-8-4-5-9-22(21)18-23)26(19-20-6-2-1-3-7-20)13-12-25-14-16-28-17-15-25/h1-2,4-5,8-9,20,23H,3,6-7,10-19H2. The number of aryl methyl sites for hydroxylation is 1. The molecule has 4 heteroatoms. The average molecular weight is 383 g/mol. The van der Waals surface area contributed by atoms with Crippen LogP contribution in [0.5, 0.6) is 0 Å². The topological polar surface area (TPSA) is 32.8 Å². The lowest BCUT2D eigenvalue weighted by atomic mass is 9.83. The van der Waals surface area contributed by atoms with Gasteiger partial charge in [0, 0.05) is 38.6 Å². The fourth-order valence-corrected chi connectivity index (χ4v) is 4.88. The molecular formula is C24H34N2O2. The first-order chi connectivity index (χ1) is 13.8. The van der Waals surface area contributed by atoms with Crippen molar-refractivity contribution >= 4 is 5.91 Å². The van der Waals surface area contributed by atoms with Gasteiger partial charge in [0.05, 0.1) is 13.2 Å². The minimum Gasteiger partial charge on any atom is -0.379 e. The number of amides is 1. The Balaban J connectivity index is 1.40. The van der Waals surface area contributed by atoms with E-state index in [4.69, 9.17) is 4.74 Å². The Bertz CT molecular complexity index is 681.